The zero-order valence-electron chi connectivity index (χ0n) is 15.4. The number of aromatic amines is 1. The number of aryl methyl sites for hydroxylation is 2. The number of carbonyl (C=O) groups excluding carboxylic acids is 1. The highest BCUT2D eigenvalue weighted by atomic mass is 16.5. The van der Waals surface area contributed by atoms with Crippen molar-refractivity contribution in [3.63, 3.8) is 0 Å². The molecule has 27 heavy (non-hydrogen) atoms. The van der Waals surface area contributed by atoms with Gasteiger partial charge in [-0.05, 0) is 60.9 Å². The van der Waals surface area contributed by atoms with Crippen molar-refractivity contribution in [2.24, 2.45) is 0 Å². The maximum absolute atomic E-state index is 12.9. The molecule has 0 aliphatic heterocycles. The van der Waals surface area contributed by atoms with Gasteiger partial charge in [0.15, 0.2) is 0 Å². The average Bonchev–Trinajstić information content (AvgIpc) is 2.66. The second-order valence-corrected chi connectivity index (χ2v) is 6.30. The molecule has 0 saturated carbocycles. The summed E-state index contributed by atoms with van der Waals surface area (Å²) in [6.45, 7) is 3.54. The first kappa shape index (κ1) is 18.4. The van der Waals surface area contributed by atoms with Crippen molar-refractivity contribution in [2.45, 2.75) is 19.9 Å². The summed E-state index contributed by atoms with van der Waals surface area (Å²) in [5.41, 5.74) is 2.81. The van der Waals surface area contributed by atoms with E-state index >= 15 is 0 Å². The van der Waals surface area contributed by atoms with Gasteiger partial charge in [-0.1, -0.05) is 12.1 Å². The fourth-order valence-corrected chi connectivity index (χ4v) is 3.05. The van der Waals surface area contributed by atoms with E-state index in [9.17, 15) is 9.59 Å². The molecule has 6 nitrogen and oxygen atoms in total. The Hall–Kier alpha value is -3.41. The standard InChI is InChI=1S/C21H21N3O3/c1-13-12-14(2)23-20(25)18(13)21(26)24-19(16-8-10-22-11-9-16)15-4-6-17(27-3)7-5-15/h4-12,19H,1-3H3,(H,23,25)(H,24,26)/t19-/m1/s1. The number of hydrogen-bond donors (Lipinski definition) is 2. The molecule has 1 atom stereocenters. The average molecular weight is 363 g/mol. The van der Waals surface area contributed by atoms with Crippen LogP contribution >= 0.6 is 0 Å². The van der Waals surface area contributed by atoms with Crippen LogP contribution in [0.1, 0.15) is 38.8 Å². The Morgan fingerprint density at radius 2 is 1.70 bits per heavy atom. The number of carbonyl (C=O) groups is 1. The van der Waals surface area contributed by atoms with Crippen molar-refractivity contribution in [1.82, 2.24) is 15.3 Å². The van der Waals surface area contributed by atoms with Gasteiger partial charge in [-0.2, -0.15) is 0 Å². The minimum atomic E-state index is -0.425. The number of pyridine rings is 2. The Morgan fingerprint density at radius 1 is 1.07 bits per heavy atom. The van der Waals surface area contributed by atoms with Gasteiger partial charge >= 0.3 is 0 Å². The van der Waals surface area contributed by atoms with Crippen LogP contribution in [0, 0.1) is 13.8 Å². The zero-order valence-corrected chi connectivity index (χ0v) is 15.4. The number of aromatic nitrogens is 2. The summed E-state index contributed by atoms with van der Waals surface area (Å²) < 4.78 is 5.20. The van der Waals surface area contributed by atoms with E-state index < -0.39 is 17.5 Å². The third kappa shape index (κ3) is 4.06. The molecule has 2 N–H and O–H groups in total. The lowest BCUT2D eigenvalue weighted by molar-refractivity contribution is 0.0940. The van der Waals surface area contributed by atoms with Gasteiger partial charge in [0, 0.05) is 18.1 Å². The molecule has 0 radical (unpaired) electrons. The fraction of sp³-hybridized carbons (Fsp3) is 0.190. The quantitative estimate of drug-likeness (QED) is 0.730. The fourth-order valence-electron chi connectivity index (χ4n) is 3.05. The molecule has 2 heterocycles. The van der Waals surface area contributed by atoms with E-state index in [0.29, 0.717) is 5.56 Å². The summed E-state index contributed by atoms with van der Waals surface area (Å²) in [4.78, 5) is 31.9. The maximum Gasteiger partial charge on any atom is 0.261 e. The first-order valence-corrected chi connectivity index (χ1v) is 8.55. The van der Waals surface area contributed by atoms with Crippen LogP contribution < -0.4 is 15.6 Å². The number of benzene rings is 1. The Labute approximate surface area is 157 Å². The van der Waals surface area contributed by atoms with E-state index in [2.05, 4.69) is 15.3 Å². The van der Waals surface area contributed by atoms with Gasteiger partial charge in [0.25, 0.3) is 11.5 Å². The molecule has 138 valence electrons. The summed E-state index contributed by atoms with van der Waals surface area (Å²) in [5, 5.41) is 2.98. The molecule has 2 aromatic heterocycles. The number of nitrogens with one attached hydrogen (secondary N) is 2. The largest absolute Gasteiger partial charge is 0.497 e. The summed E-state index contributed by atoms with van der Waals surface area (Å²) >= 11 is 0. The van der Waals surface area contributed by atoms with E-state index in [1.54, 1.807) is 39.4 Å². The smallest absolute Gasteiger partial charge is 0.261 e. The molecule has 0 aliphatic carbocycles. The summed E-state index contributed by atoms with van der Waals surface area (Å²) in [6.07, 6.45) is 3.34. The number of nitrogens with zero attached hydrogens (tertiary/aromatic N) is 1. The van der Waals surface area contributed by atoms with Crippen molar-refractivity contribution < 1.29 is 9.53 Å². The number of amides is 1. The lowest BCUT2D eigenvalue weighted by Gasteiger charge is -2.20. The molecule has 0 aliphatic rings. The normalized spacial score (nSPS) is 11.7. The van der Waals surface area contributed by atoms with Gasteiger partial charge in [0.2, 0.25) is 0 Å². The third-order valence-corrected chi connectivity index (χ3v) is 4.36. The molecular formula is C21H21N3O3. The van der Waals surface area contributed by atoms with Gasteiger partial charge in [0.05, 0.1) is 13.2 Å². The van der Waals surface area contributed by atoms with Crippen LogP contribution in [0.3, 0.4) is 0 Å². The SMILES string of the molecule is COc1ccc([C@@H](NC(=O)c2c(C)cc(C)[nH]c2=O)c2ccncc2)cc1. The van der Waals surface area contributed by atoms with Crippen LogP contribution in [0.25, 0.3) is 0 Å². The van der Waals surface area contributed by atoms with E-state index in [0.717, 1.165) is 22.6 Å². The van der Waals surface area contributed by atoms with Crippen LogP contribution in [0.15, 0.2) is 59.7 Å². The first-order chi connectivity index (χ1) is 13.0. The molecule has 1 amide bonds. The van der Waals surface area contributed by atoms with Gasteiger partial charge in [-0.3, -0.25) is 14.6 Å². The molecule has 6 heteroatoms. The summed E-state index contributed by atoms with van der Waals surface area (Å²) in [7, 11) is 1.60. The number of methoxy groups -OCH3 is 1. The summed E-state index contributed by atoms with van der Waals surface area (Å²) in [5.74, 6) is 0.302. The van der Waals surface area contributed by atoms with E-state index in [1.165, 1.54) is 0 Å². The Balaban J connectivity index is 1.99. The lowest BCUT2D eigenvalue weighted by Crippen LogP contribution is -2.34. The summed E-state index contributed by atoms with van der Waals surface area (Å²) in [6, 6.07) is 12.5. The van der Waals surface area contributed by atoms with Crippen LogP contribution in [-0.4, -0.2) is 23.0 Å². The van der Waals surface area contributed by atoms with Crippen molar-refractivity contribution in [2.75, 3.05) is 7.11 Å². The van der Waals surface area contributed by atoms with Crippen molar-refractivity contribution in [3.05, 3.63) is 93.2 Å². The third-order valence-electron chi connectivity index (χ3n) is 4.36. The van der Waals surface area contributed by atoms with Gasteiger partial charge in [-0.15, -0.1) is 0 Å². The predicted octanol–water partition coefficient (Wildman–Crippen LogP) is 2.91. The molecule has 0 fully saturated rings. The van der Waals surface area contributed by atoms with Crippen LogP contribution in [-0.2, 0) is 0 Å². The highest BCUT2D eigenvalue weighted by molar-refractivity contribution is 5.95. The van der Waals surface area contributed by atoms with E-state index in [1.807, 2.05) is 36.4 Å². The molecule has 0 bridgehead atoms. The van der Waals surface area contributed by atoms with E-state index in [4.69, 9.17) is 4.74 Å². The maximum atomic E-state index is 12.9. The van der Waals surface area contributed by atoms with Gasteiger partial charge in [-0.25, -0.2) is 0 Å². The number of ether oxygens (including phenoxy) is 1. The minimum absolute atomic E-state index is 0.119. The Morgan fingerprint density at radius 3 is 2.30 bits per heavy atom. The van der Waals surface area contributed by atoms with Crippen molar-refractivity contribution in [3.8, 4) is 5.75 Å². The molecule has 0 spiro atoms. The Kier molecular flexibility index (Phi) is 5.35. The van der Waals surface area contributed by atoms with Gasteiger partial charge in [0.1, 0.15) is 11.3 Å². The van der Waals surface area contributed by atoms with E-state index in [-0.39, 0.29) is 5.56 Å². The van der Waals surface area contributed by atoms with Gasteiger partial charge < -0.3 is 15.0 Å². The topological polar surface area (TPSA) is 84.1 Å². The molecule has 3 rings (SSSR count). The molecule has 1 aromatic carbocycles. The molecule has 3 aromatic rings. The minimum Gasteiger partial charge on any atom is -0.497 e. The first-order valence-electron chi connectivity index (χ1n) is 8.55. The monoisotopic (exact) mass is 363 g/mol. The second-order valence-electron chi connectivity index (χ2n) is 6.30. The lowest BCUT2D eigenvalue weighted by atomic mass is 9.98. The Bertz CT molecular complexity index is 995. The van der Waals surface area contributed by atoms with Crippen LogP contribution in [0.5, 0.6) is 5.75 Å². The molecular weight excluding hydrogens is 342 g/mol. The van der Waals surface area contributed by atoms with Crippen molar-refractivity contribution >= 4 is 5.91 Å². The van der Waals surface area contributed by atoms with Crippen LogP contribution in [0.2, 0.25) is 0 Å². The highest BCUT2D eigenvalue weighted by Crippen LogP contribution is 2.24. The zero-order chi connectivity index (χ0) is 19.4. The second kappa shape index (κ2) is 7.86. The van der Waals surface area contributed by atoms with Crippen LogP contribution in [0.4, 0.5) is 0 Å². The number of H-pyrrole nitrogens is 1. The molecule has 0 unspecified atom stereocenters. The van der Waals surface area contributed by atoms with Crippen molar-refractivity contribution in [1.29, 1.82) is 0 Å². The number of rotatable bonds is 5. The predicted molar refractivity (Wildman–Crippen MR) is 103 cm³/mol. The number of hydrogen-bond acceptors (Lipinski definition) is 4. The highest BCUT2D eigenvalue weighted by Gasteiger charge is 2.21. The molecule has 0 saturated heterocycles.